The molecule has 1 aromatic carbocycles. The number of carbonyl (C=O) groups is 1. The van der Waals surface area contributed by atoms with Crippen molar-refractivity contribution in [3.63, 3.8) is 0 Å². The van der Waals surface area contributed by atoms with E-state index >= 15 is 0 Å². The Labute approximate surface area is 149 Å². The zero-order valence-corrected chi connectivity index (χ0v) is 14.8. The number of benzene rings is 1. The number of hydrogen-bond acceptors (Lipinski definition) is 5. The van der Waals surface area contributed by atoms with Crippen LogP contribution >= 0.6 is 11.3 Å². The van der Waals surface area contributed by atoms with Crippen LogP contribution in [0.15, 0.2) is 40.5 Å². The third-order valence-corrected chi connectivity index (χ3v) is 5.58. The summed E-state index contributed by atoms with van der Waals surface area (Å²) in [5, 5.41) is 1.90. The number of nitrogens with zero attached hydrogens (tertiary/aromatic N) is 3. The first-order valence-electron chi connectivity index (χ1n) is 8.45. The van der Waals surface area contributed by atoms with Crippen LogP contribution in [-0.2, 0) is 4.79 Å². The second-order valence-electron chi connectivity index (χ2n) is 6.51. The van der Waals surface area contributed by atoms with Crippen LogP contribution < -0.4 is 10.5 Å². The summed E-state index contributed by atoms with van der Waals surface area (Å²) in [5.41, 5.74) is 2.62. The van der Waals surface area contributed by atoms with Crippen LogP contribution in [0.2, 0.25) is 0 Å². The highest BCUT2D eigenvalue weighted by Gasteiger charge is 2.24. The van der Waals surface area contributed by atoms with E-state index in [1.54, 1.807) is 4.57 Å². The molecule has 0 bridgehead atoms. The highest BCUT2D eigenvalue weighted by molar-refractivity contribution is 7.17. The molecule has 1 aliphatic rings. The molecular weight excluding hydrogens is 334 g/mol. The molecule has 4 rings (SSSR count). The molecule has 2 aromatic heterocycles. The molecular formula is C19H19N3O2S. The second kappa shape index (κ2) is 6.44. The third-order valence-electron chi connectivity index (χ3n) is 4.69. The normalized spacial score (nSPS) is 17.8. The summed E-state index contributed by atoms with van der Waals surface area (Å²) in [6.07, 6.45) is 2.84. The van der Waals surface area contributed by atoms with Crippen LogP contribution in [0.25, 0.3) is 15.9 Å². The highest BCUT2D eigenvalue weighted by Crippen LogP contribution is 2.26. The summed E-state index contributed by atoms with van der Waals surface area (Å²) >= 11 is 1.42. The van der Waals surface area contributed by atoms with E-state index in [1.807, 2.05) is 42.6 Å². The molecule has 128 valence electrons. The van der Waals surface area contributed by atoms with Crippen molar-refractivity contribution in [1.82, 2.24) is 9.55 Å². The molecule has 0 aliphatic carbocycles. The van der Waals surface area contributed by atoms with Gasteiger partial charge in [-0.1, -0.05) is 17.7 Å². The van der Waals surface area contributed by atoms with E-state index in [2.05, 4.69) is 4.90 Å². The summed E-state index contributed by atoms with van der Waals surface area (Å²) in [7, 11) is 0. The smallest absolute Gasteiger partial charge is 0.277 e. The molecule has 1 atom stereocenters. The van der Waals surface area contributed by atoms with Gasteiger partial charge in [0.25, 0.3) is 5.56 Å². The summed E-state index contributed by atoms with van der Waals surface area (Å²) in [4.78, 5) is 31.2. The first-order chi connectivity index (χ1) is 12.2. The maximum atomic E-state index is 13.1. The fourth-order valence-corrected chi connectivity index (χ4v) is 4.10. The summed E-state index contributed by atoms with van der Waals surface area (Å²) in [6.45, 7) is 3.43. The lowest BCUT2D eigenvalue weighted by Crippen LogP contribution is -2.40. The lowest BCUT2D eigenvalue weighted by atomic mass is 10.0. The molecule has 6 heteroatoms. The number of aryl methyl sites for hydroxylation is 1. The minimum atomic E-state index is -0.0490. The number of thiophene rings is 1. The van der Waals surface area contributed by atoms with Gasteiger partial charge in [0.1, 0.15) is 11.0 Å². The number of carbonyl (C=O) groups excluding carboxylic acids is 1. The van der Waals surface area contributed by atoms with Crippen molar-refractivity contribution in [2.24, 2.45) is 5.92 Å². The van der Waals surface area contributed by atoms with Crippen molar-refractivity contribution in [3.05, 3.63) is 51.6 Å². The van der Waals surface area contributed by atoms with Gasteiger partial charge in [-0.25, -0.2) is 9.55 Å². The number of piperidine rings is 1. The van der Waals surface area contributed by atoms with Crippen LogP contribution in [0.4, 0.5) is 5.95 Å². The van der Waals surface area contributed by atoms with E-state index < -0.39 is 0 Å². The lowest BCUT2D eigenvalue weighted by molar-refractivity contribution is -0.111. The lowest BCUT2D eigenvalue weighted by Gasteiger charge is -2.32. The molecule has 0 saturated carbocycles. The van der Waals surface area contributed by atoms with E-state index in [-0.39, 0.29) is 11.5 Å². The predicted octanol–water partition coefficient (Wildman–Crippen LogP) is 3.17. The molecule has 1 unspecified atom stereocenters. The van der Waals surface area contributed by atoms with Gasteiger partial charge < -0.3 is 9.69 Å². The van der Waals surface area contributed by atoms with Crippen LogP contribution in [0, 0.1) is 12.8 Å². The molecule has 0 spiro atoms. The Morgan fingerprint density at radius 1 is 1.24 bits per heavy atom. The molecule has 0 radical (unpaired) electrons. The SMILES string of the molecule is Cc1ccc(-n2c(N3CCCC(C=O)C3)nc3ccsc3c2=O)cc1. The number of aromatic nitrogens is 2. The van der Waals surface area contributed by atoms with E-state index in [0.717, 1.165) is 42.4 Å². The Morgan fingerprint density at radius 2 is 2.04 bits per heavy atom. The predicted molar refractivity (Wildman–Crippen MR) is 101 cm³/mol. The van der Waals surface area contributed by atoms with E-state index in [1.165, 1.54) is 11.3 Å². The van der Waals surface area contributed by atoms with Crippen molar-refractivity contribution in [2.45, 2.75) is 19.8 Å². The van der Waals surface area contributed by atoms with Gasteiger partial charge >= 0.3 is 0 Å². The molecule has 0 amide bonds. The maximum absolute atomic E-state index is 13.1. The molecule has 1 fully saturated rings. The number of aldehydes is 1. The van der Waals surface area contributed by atoms with Gasteiger partial charge in [0.05, 0.1) is 11.2 Å². The fraction of sp³-hybridized carbons (Fsp3) is 0.316. The summed E-state index contributed by atoms with van der Waals surface area (Å²) < 4.78 is 2.35. The van der Waals surface area contributed by atoms with Crippen LogP contribution in [-0.4, -0.2) is 28.9 Å². The quantitative estimate of drug-likeness (QED) is 0.679. The number of fused-ring (bicyclic) bond motifs is 1. The second-order valence-corrected chi connectivity index (χ2v) is 7.42. The number of rotatable bonds is 3. The van der Waals surface area contributed by atoms with Gasteiger partial charge in [-0.3, -0.25) is 4.79 Å². The van der Waals surface area contributed by atoms with Gasteiger partial charge in [0.2, 0.25) is 5.95 Å². The molecule has 5 nitrogen and oxygen atoms in total. The Balaban J connectivity index is 1.92. The molecule has 25 heavy (non-hydrogen) atoms. The van der Waals surface area contributed by atoms with Crippen LogP contribution in [0.5, 0.6) is 0 Å². The van der Waals surface area contributed by atoms with Crippen molar-refractivity contribution in [2.75, 3.05) is 18.0 Å². The summed E-state index contributed by atoms with van der Waals surface area (Å²) in [6, 6.07) is 9.76. The van der Waals surface area contributed by atoms with Gasteiger partial charge in [-0.05, 0) is 43.3 Å². The minimum Gasteiger partial charge on any atom is -0.341 e. The van der Waals surface area contributed by atoms with Crippen molar-refractivity contribution in [3.8, 4) is 5.69 Å². The van der Waals surface area contributed by atoms with Crippen LogP contribution in [0.3, 0.4) is 0 Å². The Kier molecular flexibility index (Phi) is 4.13. The average molecular weight is 353 g/mol. The molecule has 1 aliphatic heterocycles. The topological polar surface area (TPSA) is 55.2 Å². The standard InChI is InChI=1S/C19H19N3O2S/c1-13-4-6-15(7-5-13)22-18(24)17-16(8-10-25-17)20-19(22)21-9-2-3-14(11-21)12-23/h4-8,10,12,14H,2-3,9,11H2,1H3. The first-order valence-corrected chi connectivity index (χ1v) is 9.33. The first kappa shape index (κ1) is 16.0. The highest BCUT2D eigenvalue weighted by atomic mass is 32.1. The van der Waals surface area contributed by atoms with Gasteiger partial charge in [0, 0.05) is 19.0 Å². The van der Waals surface area contributed by atoms with E-state index in [0.29, 0.717) is 17.2 Å². The fourth-order valence-electron chi connectivity index (χ4n) is 3.34. The number of hydrogen-bond donors (Lipinski definition) is 0. The van der Waals surface area contributed by atoms with Crippen molar-refractivity contribution < 1.29 is 4.79 Å². The van der Waals surface area contributed by atoms with Crippen molar-refractivity contribution >= 4 is 33.8 Å². The van der Waals surface area contributed by atoms with Gasteiger partial charge in [-0.15, -0.1) is 11.3 Å². The van der Waals surface area contributed by atoms with Crippen molar-refractivity contribution in [1.29, 1.82) is 0 Å². The Morgan fingerprint density at radius 3 is 2.80 bits per heavy atom. The molecule has 3 heterocycles. The zero-order chi connectivity index (χ0) is 17.4. The number of anilines is 1. The molecule has 1 saturated heterocycles. The van der Waals surface area contributed by atoms with E-state index in [9.17, 15) is 9.59 Å². The zero-order valence-electron chi connectivity index (χ0n) is 14.0. The summed E-state index contributed by atoms with van der Waals surface area (Å²) in [5.74, 6) is 0.626. The van der Waals surface area contributed by atoms with Gasteiger partial charge in [0.15, 0.2) is 0 Å². The minimum absolute atomic E-state index is 0.00436. The average Bonchev–Trinajstić information content (AvgIpc) is 3.12. The molecule has 3 aromatic rings. The van der Waals surface area contributed by atoms with Crippen LogP contribution in [0.1, 0.15) is 18.4 Å². The monoisotopic (exact) mass is 353 g/mol. The van der Waals surface area contributed by atoms with Gasteiger partial charge in [-0.2, -0.15) is 0 Å². The van der Waals surface area contributed by atoms with E-state index in [4.69, 9.17) is 4.98 Å². The Bertz CT molecular complexity index is 974. The largest absolute Gasteiger partial charge is 0.341 e. The maximum Gasteiger partial charge on any atom is 0.277 e. The third kappa shape index (κ3) is 2.87. The Hall–Kier alpha value is -2.47. The molecule has 0 N–H and O–H groups in total.